The number of rotatable bonds is 13. The van der Waals surface area contributed by atoms with Crippen molar-refractivity contribution in [1.29, 1.82) is 0 Å². The lowest BCUT2D eigenvalue weighted by Gasteiger charge is -2.18. The molecule has 0 aliphatic rings. The first-order valence-electron chi connectivity index (χ1n) is 7.48. The summed E-state index contributed by atoms with van der Waals surface area (Å²) >= 11 is 6.89. The summed E-state index contributed by atoms with van der Waals surface area (Å²) in [6.45, 7) is 14.7. The molecule has 0 aromatic rings. The second-order valence-electron chi connectivity index (χ2n) is 4.57. The van der Waals surface area contributed by atoms with E-state index in [-0.39, 0.29) is 22.8 Å². The molecular formula is C16H26O4S4. The molecule has 0 saturated carbocycles. The van der Waals surface area contributed by atoms with Crippen molar-refractivity contribution >= 4 is 59.0 Å². The summed E-state index contributed by atoms with van der Waals surface area (Å²) in [6, 6.07) is 0. The van der Waals surface area contributed by atoms with Crippen LogP contribution < -0.4 is 0 Å². The highest BCUT2D eigenvalue weighted by Crippen LogP contribution is 2.31. The maximum atomic E-state index is 11.1. The molecule has 24 heavy (non-hydrogen) atoms. The van der Waals surface area contributed by atoms with Crippen molar-refractivity contribution in [3.63, 3.8) is 0 Å². The van der Waals surface area contributed by atoms with Gasteiger partial charge in [0.15, 0.2) is 0 Å². The zero-order valence-electron chi connectivity index (χ0n) is 14.6. The summed E-state index contributed by atoms with van der Waals surface area (Å²) in [5.74, 6) is 1.24. The number of thioether (sulfide) groups is 4. The van der Waals surface area contributed by atoms with Gasteiger partial charge in [-0.1, -0.05) is 13.2 Å². The first-order valence-corrected chi connectivity index (χ1v) is 11.5. The summed E-state index contributed by atoms with van der Waals surface area (Å²) in [7, 11) is 0. The van der Waals surface area contributed by atoms with Crippen LogP contribution >= 0.6 is 47.0 Å². The van der Waals surface area contributed by atoms with Crippen LogP contribution in [0.2, 0.25) is 0 Å². The van der Waals surface area contributed by atoms with Crippen molar-refractivity contribution in [3.05, 3.63) is 25.3 Å². The van der Waals surface area contributed by atoms with E-state index in [0.29, 0.717) is 9.16 Å². The van der Waals surface area contributed by atoms with Gasteiger partial charge in [0.2, 0.25) is 0 Å². The molecule has 0 aliphatic carbocycles. The molecule has 0 heterocycles. The van der Waals surface area contributed by atoms with Gasteiger partial charge >= 0.3 is 11.9 Å². The molecule has 0 spiro atoms. The van der Waals surface area contributed by atoms with Crippen LogP contribution in [0.4, 0.5) is 0 Å². The third-order valence-electron chi connectivity index (χ3n) is 2.45. The summed E-state index contributed by atoms with van der Waals surface area (Å²) in [5.41, 5.74) is -0.360. The van der Waals surface area contributed by atoms with Crippen LogP contribution in [0.15, 0.2) is 25.3 Å². The van der Waals surface area contributed by atoms with Crippen molar-refractivity contribution in [2.24, 2.45) is 0 Å². The number of esters is 2. The Labute approximate surface area is 162 Å². The van der Waals surface area contributed by atoms with Gasteiger partial charge in [0, 0.05) is 23.7 Å². The molecule has 0 amide bonds. The molecule has 0 rings (SSSR count). The molecule has 4 atom stereocenters. The van der Waals surface area contributed by atoms with E-state index in [1.54, 1.807) is 23.5 Å². The maximum absolute atomic E-state index is 11.1. The van der Waals surface area contributed by atoms with Crippen molar-refractivity contribution in [2.45, 2.75) is 47.7 Å². The van der Waals surface area contributed by atoms with Gasteiger partial charge in [-0.25, -0.2) is 9.59 Å². The van der Waals surface area contributed by atoms with E-state index in [2.05, 4.69) is 27.0 Å². The van der Waals surface area contributed by atoms with Gasteiger partial charge in [-0.15, -0.1) is 47.0 Å². The zero-order chi connectivity index (χ0) is 18.5. The molecule has 0 aromatic heterocycles. The van der Waals surface area contributed by atoms with Crippen LogP contribution in [0.1, 0.15) is 27.7 Å². The molecule has 0 saturated heterocycles. The molecule has 4 nitrogen and oxygen atoms in total. The zero-order valence-corrected chi connectivity index (χ0v) is 17.8. The van der Waals surface area contributed by atoms with E-state index in [1.807, 2.05) is 37.4 Å². The molecule has 0 aromatic carbocycles. The van der Waals surface area contributed by atoms with Crippen LogP contribution in [0.3, 0.4) is 0 Å². The number of hydrogen-bond donors (Lipinski definition) is 0. The van der Waals surface area contributed by atoms with Crippen molar-refractivity contribution in [2.75, 3.05) is 11.5 Å². The molecule has 4 unspecified atom stereocenters. The number of carbonyl (C=O) groups excluding carboxylic acids is 2. The Kier molecular flexibility index (Phi) is 13.9. The van der Waals surface area contributed by atoms with Crippen LogP contribution in [0.5, 0.6) is 0 Å². The van der Waals surface area contributed by atoms with E-state index in [1.165, 1.54) is 12.2 Å². The lowest BCUT2D eigenvalue weighted by molar-refractivity contribution is -0.139. The fraction of sp³-hybridized carbons (Fsp3) is 0.625. The molecule has 0 aliphatic heterocycles. The highest BCUT2D eigenvalue weighted by Gasteiger charge is 2.14. The van der Waals surface area contributed by atoms with Crippen LogP contribution in [0, 0.1) is 0 Å². The van der Waals surface area contributed by atoms with Crippen LogP contribution in [-0.2, 0) is 19.1 Å². The monoisotopic (exact) mass is 410 g/mol. The van der Waals surface area contributed by atoms with E-state index >= 15 is 0 Å². The average molecular weight is 411 g/mol. The predicted octanol–water partition coefficient (Wildman–Crippen LogP) is 4.76. The largest absolute Gasteiger partial charge is 0.448 e. The molecular weight excluding hydrogens is 384 g/mol. The molecule has 8 heteroatoms. The molecule has 0 fully saturated rings. The Bertz CT molecular complexity index is 379. The first kappa shape index (κ1) is 23.8. The summed E-state index contributed by atoms with van der Waals surface area (Å²) < 4.78 is 11.0. The van der Waals surface area contributed by atoms with Gasteiger partial charge in [-0.2, -0.15) is 0 Å². The SMILES string of the molecule is C=CC(=O)OC(C)SC(C)SCCSC(C)SC(C)OC(=O)C=C. The van der Waals surface area contributed by atoms with Crippen LogP contribution in [-0.4, -0.2) is 43.5 Å². The van der Waals surface area contributed by atoms with E-state index in [4.69, 9.17) is 9.47 Å². The Balaban J connectivity index is 3.79. The third kappa shape index (κ3) is 13.1. The molecule has 0 radical (unpaired) electrons. The quantitative estimate of drug-likeness (QED) is 0.186. The van der Waals surface area contributed by atoms with Gasteiger partial charge in [0.05, 0.1) is 9.16 Å². The summed E-state index contributed by atoms with van der Waals surface area (Å²) in [4.78, 5) is 22.2. The predicted molar refractivity (Wildman–Crippen MR) is 111 cm³/mol. The van der Waals surface area contributed by atoms with Crippen molar-refractivity contribution in [1.82, 2.24) is 0 Å². The minimum Gasteiger partial charge on any atom is -0.448 e. The third-order valence-corrected chi connectivity index (χ3v) is 7.74. The van der Waals surface area contributed by atoms with E-state index in [0.717, 1.165) is 11.5 Å². The summed E-state index contributed by atoms with van der Waals surface area (Å²) in [5, 5.41) is 0. The van der Waals surface area contributed by atoms with Gasteiger partial charge in [-0.3, -0.25) is 0 Å². The minimum atomic E-state index is -0.389. The Morgan fingerprint density at radius 2 is 1.17 bits per heavy atom. The molecule has 0 N–H and O–H groups in total. The lowest BCUT2D eigenvalue weighted by atomic mass is 10.6. The number of carbonyl (C=O) groups is 2. The first-order chi connectivity index (χ1) is 11.3. The normalized spacial score (nSPS) is 15.7. The standard InChI is InChI=1S/C16H26O4S4/c1-7-15(17)19-11(3)23-13(5)21-9-10-22-14(6)24-12(4)20-16(18)8-2/h7-8,11-14H,1-2,9-10H2,3-6H3. The van der Waals surface area contributed by atoms with E-state index < -0.39 is 0 Å². The molecule has 0 bridgehead atoms. The van der Waals surface area contributed by atoms with Gasteiger partial charge < -0.3 is 9.47 Å². The van der Waals surface area contributed by atoms with Gasteiger partial charge in [0.1, 0.15) is 10.9 Å². The fourth-order valence-corrected chi connectivity index (χ4v) is 6.48. The van der Waals surface area contributed by atoms with Gasteiger partial charge in [0.25, 0.3) is 0 Å². The Morgan fingerprint density at radius 1 is 0.833 bits per heavy atom. The second kappa shape index (κ2) is 14.0. The maximum Gasteiger partial charge on any atom is 0.331 e. The van der Waals surface area contributed by atoms with Crippen molar-refractivity contribution in [3.8, 4) is 0 Å². The number of ether oxygens (including phenoxy) is 2. The fourth-order valence-electron chi connectivity index (χ4n) is 1.53. The topological polar surface area (TPSA) is 52.6 Å². The Hall–Kier alpha value is -0.180. The number of hydrogen-bond acceptors (Lipinski definition) is 8. The van der Waals surface area contributed by atoms with Crippen molar-refractivity contribution < 1.29 is 19.1 Å². The summed E-state index contributed by atoms with van der Waals surface area (Å²) in [6.07, 6.45) is 2.36. The second-order valence-corrected chi connectivity index (χ2v) is 11.3. The molecule has 138 valence electrons. The smallest absolute Gasteiger partial charge is 0.331 e. The van der Waals surface area contributed by atoms with Gasteiger partial charge in [-0.05, 0) is 27.7 Å². The highest BCUT2D eigenvalue weighted by molar-refractivity contribution is 8.19. The minimum absolute atomic E-state index is 0.180. The van der Waals surface area contributed by atoms with Crippen LogP contribution in [0.25, 0.3) is 0 Å². The van der Waals surface area contributed by atoms with E-state index in [9.17, 15) is 9.59 Å². The highest BCUT2D eigenvalue weighted by atomic mass is 32.2. The lowest BCUT2D eigenvalue weighted by Crippen LogP contribution is -2.12. The Morgan fingerprint density at radius 3 is 1.46 bits per heavy atom. The average Bonchev–Trinajstić information content (AvgIpc) is 2.50.